The number of hydrogen-bond acceptors (Lipinski definition) is 7. The average molecular weight is 559 g/mol. The van der Waals surface area contributed by atoms with Crippen LogP contribution in [0.15, 0.2) is 17.5 Å². The molecule has 0 radical (unpaired) electrons. The quantitative estimate of drug-likeness (QED) is 0.494. The topological polar surface area (TPSA) is 127 Å². The summed E-state index contributed by atoms with van der Waals surface area (Å²) in [6, 6.07) is 1.61. The van der Waals surface area contributed by atoms with Crippen molar-refractivity contribution in [1.29, 1.82) is 0 Å². The van der Waals surface area contributed by atoms with Crippen molar-refractivity contribution in [1.82, 2.24) is 19.4 Å². The number of rotatable bonds is 8. The van der Waals surface area contributed by atoms with Gasteiger partial charge in [0.05, 0.1) is 23.5 Å². The molecule has 2 N–H and O–H groups in total. The maximum Gasteiger partial charge on any atom is 0.245 e. The molecule has 3 aliphatic rings. The van der Waals surface area contributed by atoms with Gasteiger partial charge in [0.2, 0.25) is 27.7 Å². The number of piperidine rings is 1. The highest BCUT2D eigenvalue weighted by Crippen LogP contribution is 2.26. The number of hydrogen-bond donors (Lipinski definition) is 2. The van der Waals surface area contributed by atoms with Crippen LogP contribution in [0.4, 0.5) is 0 Å². The monoisotopic (exact) mass is 558 g/mol. The van der Waals surface area contributed by atoms with Crippen molar-refractivity contribution in [2.75, 3.05) is 32.8 Å². The van der Waals surface area contributed by atoms with Crippen molar-refractivity contribution in [3.8, 4) is 0 Å². The first-order chi connectivity index (χ1) is 17.2. The first-order valence-electron chi connectivity index (χ1n) is 12.1. The molecule has 4 heterocycles. The molecule has 0 aliphatic carbocycles. The minimum Gasteiger partial charge on any atom is -0.394 e. The van der Waals surface area contributed by atoms with E-state index in [-0.39, 0.29) is 31.0 Å². The number of aliphatic hydroxyl groups excluding tert-OH is 1. The van der Waals surface area contributed by atoms with E-state index in [4.69, 9.17) is 11.6 Å². The molecule has 3 aliphatic heterocycles. The summed E-state index contributed by atoms with van der Waals surface area (Å²) in [5.74, 6) is -0.920. The van der Waals surface area contributed by atoms with Crippen LogP contribution in [0, 0.1) is 0 Å². The minimum absolute atomic E-state index is 0.0950. The van der Waals surface area contributed by atoms with Gasteiger partial charge in [0.1, 0.15) is 12.1 Å². The second kappa shape index (κ2) is 11.6. The Kier molecular flexibility index (Phi) is 8.71. The third kappa shape index (κ3) is 6.28. The molecule has 13 heteroatoms. The van der Waals surface area contributed by atoms with E-state index in [1.54, 1.807) is 17.0 Å². The second-order valence-corrected chi connectivity index (χ2v) is 12.7. The van der Waals surface area contributed by atoms with E-state index in [0.717, 1.165) is 18.2 Å². The molecule has 0 unspecified atom stereocenters. The largest absolute Gasteiger partial charge is 0.394 e. The fourth-order valence-electron chi connectivity index (χ4n) is 5.10. The molecule has 3 fully saturated rings. The van der Waals surface area contributed by atoms with Gasteiger partial charge in [0.15, 0.2) is 0 Å². The maximum absolute atomic E-state index is 13.1. The van der Waals surface area contributed by atoms with Crippen molar-refractivity contribution in [3.63, 3.8) is 0 Å². The van der Waals surface area contributed by atoms with Crippen molar-refractivity contribution in [3.05, 3.63) is 26.8 Å². The zero-order chi connectivity index (χ0) is 25.9. The van der Waals surface area contributed by atoms with Crippen LogP contribution in [-0.4, -0.2) is 96.9 Å². The molecule has 36 heavy (non-hydrogen) atoms. The maximum atomic E-state index is 13.1. The molecule has 1 aromatic rings. The fourth-order valence-corrected chi connectivity index (χ4v) is 7.17. The first kappa shape index (κ1) is 27.1. The van der Waals surface area contributed by atoms with Gasteiger partial charge in [-0.15, -0.1) is 11.3 Å². The van der Waals surface area contributed by atoms with E-state index in [0.29, 0.717) is 54.5 Å². The third-order valence-corrected chi connectivity index (χ3v) is 9.20. The summed E-state index contributed by atoms with van der Waals surface area (Å²) >= 11 is 7.10. The van der Waals surface area contributed by atoms with E-state index in [9.17, 15) is 27.9 Å². The second-order valence-electron chi connectivity index (χ2n) is 9.32. The molecular weight excluding hydrogens is 528 g/mol. The molecule has 0 aromatic carbocycles. The average Bonchev–Trinajstić information content (AvgIpc) is 3.60. The Labute approximate surface area is 219 Å². The zero-order valence-corrected chi connectivity index (χ0v) is 22.2. The molecule has 1 aromatic heterocycles. The Morgan fingerprint density at radius 3 is 2.56 bits per heavy atom. The summed E-state index contributed by atoms with van der Waals surface area (Å²) in [6.07, 6.45) is 5.12. The van der Waals surface area contributed by atoms with Gasteiger partial charge in [-0.3, -0.25) is 14.4 Å². The fraction of sp³-hybridized carbons (Fsp3) is 0.609. The van der Waals surface area contributed by atoms with Crippen LogP contribution in [0.2, 0.25) is 4.34 Å². The molecule has 198 valence electrons. The summed E-state index contributed by atoms with van der Waals surface area (Å²) in [6.45, 7) is 1.05. The van der Waals surface area contributed by atoms with E-state index in [2.05, 4.69) is 4.72 Å². The number of carbonyl (C=O) groups excluding carboxylic acids is 3. The van der Waals surface area contributed by atoms with Crippen LogP contribution in [0.25, 0.3) is 6.08 Å². The summed E-state index contributed by atoms with van der Waals surface area (Å²) in [4.78, 5) is 44.5. The molecule has 3 amide bonds. The number of aliphatic hydroxyl groups is 1. The summed E-state index contributed by atoms with van der Waals surface area (Å²) in [5.41, 5.74) is 0. The number of thiophene rings is 1. The Balaban J connectivity index is 1.36. The van der Waals surface area contributed by atoms with E-state index in [1.165, 1.54) is 27.2 Å². The normalized spacial score (nSPS) is 25.3. The molecular formula is C23H31ClN4O6S2. The smallest absolute Gasteiger partial charge is 0.245 e. The summed E-state index contributed by atoms with van der Waals surface area (Å²) in [7, 11) is -3.89. The predicted octanol–water partition coefficient (Wildman–Crippen LogP) is 1.26. The Hall–Kier alpha value is -1.99. The van der Waals surface area contributed by atoms with Crippen LogP contribution in [0.3, 0.4) is 0 Å². The number of nitrogens with zero attached hydrogens (tertiary/aromatic N) is 3. The number of likely N-dealkylation sites (tertiary alicyclic amines) is 3. The number of amides is 3. The summed E-state index contributed by atoms with van der Waals surface area (Å²) in [5, 5.41) is 10.6. The molecule has 10 nitrogen and oxygen atoms in total. The van der Waals surface area contributed by atoms with Gasteiger partial charge in [-0.25, -0.2) is 8.42 Å². The minimum atomic E-state index is -3.89. The molecule has 0 saturated carbocycles. The van der Waals surface area contributed by atoms with Crippen LogP contribution in [0.5, 0.6) is 0 Å². The highest BCUT2D eigenvalue weighted by molar-refractivity contribution is 7.92. The van der Waals surface area contributed by atoms with E-state index >= 15 is 0 Å². The molecule has 3 saturated heterocycles. The number of nitrogens with one attached hydrogen (secondary N) is 1. The molecule has 4 rings (SSSR count). The van der Waals surface area contributed by atoms with Gasteiger partial charge in [0, 0.05) is 29.9 Å². The van der Waals surface area contributed by atoms with Gasteiger partial charge >= 0.3 is 0 Å². The lowest BCUT2D eigenvalue weighted by Gasteiger charge is -2.35. The third-order valence-electron chi connectivity index (χ3n) is 6.90. The first-order valence-corrected chi connectivity index (χ1v) is 14.9. The van der Waals surface area contributed by atoms with Gasteiger partial charge in [0.25, 0.3) is 0 Å². The van der Waals surface area contributed by atoms with Gasteiger partial charge in [-0.1, -0.05) is 11.6 Å². The predicted molar refractivity (Wildman–Crippen MR) is 137 cm³/mol. The summed E-state index contributed by atoms with van der Waals surface area (Å²) < 4.78 is 28.0. The van der Waals surface area contributed by atoms with E-state index < -0.39 is 28.0 Å². The Morgan fingerprint density at radius 2 is 1.83 bits per heavy atom. The van der Waals surface area contributed by atoms with Gasteiger partial charge < -0.3 is 19.8 Å². The van der Waals surface area contributed by atoms with Crippen molar-refractivity contribution >= 4 is 56.8 Å². The van der Waals surface area contributed by atoms with Crippen LogP contribution in [-0.2, 0) is 24.4 Å². The lowest BCUT2D eigenvalue weighted by atomic mass is 10.1. The number of carbonyl (C=O) groups is 3. The SMILES string of the molecule is O=C1[C@@H](NS(=O)(=O)/C=C/c2ccc(Cl)s2)CCCN1CC(=O)N1CCC[C@H]1C(=O)N1CCC[C@H]1CO. The van der Waals surface area contributed by atoms with Crippen LogP contribution < -0.4 is 4.72 Å². The van der Waals surface area contributed by atoms with Crippen molar-refractivity contribution < 1.29 is 27.9 Å². The van der Waals surface area contributed by atoms with Crippen LogP contribution in [0.1, 0.15) is 43.4 Å². The Morgan fingerprint density at radius 1 is 1.11 bits per heavy atom. The lowest BCUT2D eigenvalue weighted by Crippen LogP contribution is -2.56. The Bertz CT molecular complexity index is 1120. The van der Waals surface area contributed by atoms with Gasteiger partial charge in [-0.2, -0.15) is 4.72 Å². The highest BCUT2D eigenvalue weighted by Gasteiger charge is 2.41. The molecule has 3 atom stereocenters. The van der Waals surface area contributed by atoms with Crippen LogP contribution >= 0.6 is 22.9 Å². The lowest BCUT2D eigenvalue weighted by molar-refractivity contribution is -0.148. The molecule has 0 spiro atoms. The van der Waals surface area contributed by atoms with Crippen molar-refractivity contribution in [2.24, 2.45) is 0 Å². The number of halogens is 1. The standard InChI is InChI=1S/C23H31ClN4O6S2/c24-20-8-7-17(35-20)9-13-36(33,34)25-18-5-2-10-26(22(18)31)14-21(30)28-12-3-6-19(28)23(32)27-11-1-4-16(27)15-29/h7-9,13,16,18-19,25,29H,1-6,10-12,14-15H2/b13-9+/t16-,18-,19-/m0/s1. The zero-order valence-electron chi connectivity index (χ0n) is 19.8. The molecule has 0 bridgehead atoms. The highest BCUT2D eigenvalue weighted by atomic mass is 35.5. The van der Waals surface area contributed by atoms with Crippen molar-refractivity contribution in [2.45, 2.75) is 56.7 Å². The number of sulfonamides is 1. The van der Waals surface area contributed by atoms with E-state index in [1.807, 2.05) is 0 Å². The van der Waals surface area contributed by atoms with Gasteiger partial charge in [-0.05, 0) is 56.7 Å².